The lowest BCUT2D eigenvalue weighted by molar-refractivity contribution is 0.350. The first-order valence-corrected chi connectivity index (χ1v) is 6.58. The molecule has 1 heteroatoms. The molecule has 1 aromatic rings. The van der Waals surface area contributed by atoms with Gasteiger partial charge in [0, 0.05) is 6.04 Å². The van der Waals surface area contributed by atoms with Crippen LogP contribution in [0.2, 0.25) is 0 Å². The summed E-state index contributed by atoms with van der Waals surface area (Å²) < 4.78 is 0. The van der Waals surface area contributed by atoms with Crippen molar-refractivity contribution >= 4 is 0 Å². The van der Waals surface area contributed by atoms with Gasteiger partial charge in [0.05, 0.1) is 0 Å². The zero-order chi connectivity index (χ0) is 11.4. The fourth-order valence-corrected chi connectivity index (χ4v) is 2.92. The van der Waals surface area contributed by atoms with E-state index in [0.717, 1.165) is 5.92 Å². The summed E-state index contributed by atoms with van der Waals surface area (Å²) in [5.74, 6) is 1.54. The van der Waals surface area contributed by atoms with Crippen LogP contribution < -0.4 is 5.73 Å². The molecule has 0 spiro atoms. The minimum absolute atomic E-state index is 0.210. The summed E-state index contributed by atoms with van der Waals surface area (Å²) in [5, 5.41) is 0. The van der Waals surface area contributed by atoms with Gasteiger partial charge < -0.3 is 5.73 Å². The average molecular weight is 217 g/mol. The normalized spacial score (nSPS) is 20.9. The molecule has 88 valence electrons. The van der Waals surface area contributed by atoms with Gasteiger partial charge in [-0.2, -0.15) is 0 Å². The SMILES string of the molecule is CC(CC1CCCC1)C(N)c1ccccc1. The van der Waals surface area contributed by atoms with E-state index in [2.05, 4.69) is 37.3 Å². The van der Waals surface area contributed by atoms with Gasteiger partial charge >= 0.3 is 0 Å². The second-order valence-corrected chi connectivity index (χ2v) is 5.30. The van der Waals surface area contributed by atoms with E-state index in [-0.39, 0.29) is 6.04 Å². The van der Waals surface area contributed by atoms with Gasteiger partial charge in [0.1, 0.15) is 0 Å². The molecule has 1 fully saturated rings. The molecular weight excluding hydrogens is 194 g/mol. The van der Waals surface area contributed by atoms with Crippen molar-refractivity contribution in [2.24, 2.45) is 17.6 Å². The minimum atomic E-state index is 0.210. The van der Waals surface area contributed by atoms with E-state index in [9.17, 15) is 0 Å². The molecule has 2 rings (SSSR count). The summed E-state index contributed by atoms with van der Waals surface area (Å²) in [6.07, 6.45) is 7.00. The number of hydrogen-bond donors (Lipinski definition) is 1. The Morgan fingerprint density at radius 2 is 1.81 bits per heavy atom. The van der Waals surface area contributed by atoms with Crippen molar-refractivity contribution in [1.82, 2.24) is 0 Å². The third kappa shape index (κ3) is 2.85. The smallest absolute Gasteiger partial charge is 0.0320 e. The fourth-order valence-electron chi connectivity index (χ4n) is 2.92. The van der Waals surface area contributed by atoms with Crippen molar-refractivity contribution in [3.05, 3.63) is 35.9 Å². The number of hydrogen-bond acceptors (Lipinski definition) is 1. The summed E-state index contributed by atoms with van der Waals surface area (Å²) in [7, 11) is 0. The van der Waals surface area contributed by atoms with Gasteiger partial charge in [-0.05, 0) is 23.8 Å². The van der Waals surface area contributed by atoms with Crippen LogP contribution in [0.1, 0.15) is 50.6 Å². The Morgan fingerprint density at radius 3 is 2.44 bits per heavy atom. The highest BCUT2D eigenvalue weighted by Crippen LogP contribution is 2.33. The zero-order valence-corrected chi connectivity index (χ0v) is 10.2. The zero-order valence-electron chi connectivity index (χ0n) is 10.2. The Balaban J connectivity index is 1.91. The van der Waals surface area contributed by atoms with Gasteiger partial charge in [0.2, 0.25) is 0 Å². The average Bonchev–Trinajstić information content (AvgIpc) is 2.82. The van der Waals surface area contributed by atoms with Crippen LogP contribution in [-0.2, 0) is 0 Å². The number of rotatable bonds is 4. The molecule has 2 N–H and O–H groups in total. The van der Waals surface area contributed by atoms with E-state index in [4.69, 9.17) is 5.73 Å². The molecule has 0 aliphatic heterocycles. The van der Waals surface area contributed by atoms with Gasteiger partial charge in [-0.1, -0.05) is 62.9 Å². The quantitative estimate of drug-likeness (QED) is 0.813. The molecular formula is C15H23N. The highest BCUT2D eigenvalue weighted by molar-refractivity contribution is 5.18. The van der Waals surface area contributed by atoms with E-state index >= 15 is 0 Å². The number of nitrogens with two attached hydrogens (primary N) is 1. The van der Waals surface area contributed by atoms with Crippen LogP contribution in [0.5, 0.6) is 0 Å². The van der Waals surface area contributed by atoms with Crippen molar-refractivity contribution < 1.29 is 0 Å². The van der Waals surface area contributed by atoms with E-state index < -0.39 is 0 Å². The second-order valence-electron chi connectivity index (χ2n) is 5.30. The molecule has 2 atom stereocenters. The van der Waals surface area contributed by atoms with Crippen LogP contribution in [0.25, 0.3) is 0 Å². The highest BCUT2D eigenvalue weighted by Gasteiger charge is 2.21. The maximum Gasteiger partial charge on any atom is 0.0320 e. The minimum Gasteiger partial charge on any atom is -0.324 e. The van der Waals surface area contributed by atoms with Gasteiger partial charge in [0.15, 0.2) is 0 Å². The first-order chi connectivity index (χ1) is 7.77. The van der Waals surface area contributed by atoms with Crippen molar-refractivity contribution in [3.63, 3.8) is 0 Å². The Hall–Kier alpha value is -0.820. The van der Waals surface area contributed by atoms with Gasteiger partial charge in [-0.3, -0.25) is 0 Å². The molecule has 16 heavy (non-hydrogen) atoms. The molecule has 0 saturated heterocycles. The molecule has 0 heterocycles. The van der Waals surface area contributed by atoms with E-state index in [1.807, 2.05) is 0 Å². The summed E-state index contributed by atoms with van der Waals surface area (Å²) in [6, 6.07) is 10.7. The molecule has 0 radical (unpaired) electrons. The van der Waals surface area contributed by atoms with E-state index in [1.165, 1.54) is 37.7 Å². The Kier molecular flexibility index (Phi) is 4.00. The summed E-state index contributed by atoms with van der Waals surface area (Å²) in [5.41, 5.74) is 7.60. The van der Waals surface area contributed by atoms with E-state index in [0.29, 0.717) is 5.92 Å². The van der Waals surface area contributed by atoms with Crippen molar-refractivity contribution in [2.75, 3.05) is 0 Å². The van der Waals surface area contributed by atoms with Crippen LogP contribution in [0.15, 0.2) is 30.3 Å². The highest BCUT2D eigenvalue weighted by atomic mass is 14.6. The van der Waals surface area contributed by atoms with Crippen molar-refractivity contribution in [1.29, 1.82) is 0 Å². The lowest BCUT2D eigenvalue weighted by Gasteiger charge is -2.23. The summed E-state index contributed by atoms with van der Waals surface area (Å²) in [6.45, 7) is 2.30. The standard InChI is InChI=1S/C15H23N/c1-12(11-13-7-5-6-8-13)15(16)14-9-3-2-4-10-14/h2-4,9-10,12-13,15H,5-8,11,16H2,1H3. The van der Waals surface area contributed by atoms with Gasteiger partial charge in [0.25, 0.3) is 0 Å². The molecule has 0 aromatic heterocycles. The molecule has 1 saturated carbocycles. The van der Waals surface area contributed by atoms with Gasteiger partial charge in [-0.15, -0.1) is 0 Å². The molecule has 1 aliphatic rings. The summed E-state index contributed by atoms with van der Waals surface area (Å²) in [4.78, 5) is 0. The molecule has 0 bridgehead atoms. The van der Waals surface area contributed by atoms with Gasteiger partial charge in [-0.25, -0.2) is 0 Å². The lowest BCUT2D eigenvalue weighted by Crippen LogP contribution is -2.20. The largest absolute Gasteiger partial charge is 0.324 e. The Morgan fingerprint density at radius 1 is 1.19 bits per heavy atom. The third-order valence-electron chi connectivity index (χ3n) is 3.98. The number of benzene rings is 1. The second kappa shape index (κ2) is 5.49. The monoisotopic (exact) mass is 217 g/mol. The third-order valence-corrected chi connectivity index (χ3v) is 3.98. The summed E-state index contributed by atoms with van der Waals surface area (Å²) >= 11 is 0. The van der Waals surface area contributed by atoms with Crippen LogP contribution in [0, 0.1) is 11.8 Å². The Labute approximate surface area is 99.0 Å². The van der Waals surface area contributed by atoms with Crippen LogP contribution in [0.3, 0.4) is 0 Å². The maximum absolute atomic E-state index is 6.32. The maximum atomic E-state index is 6.32. The Bertz CT molecular complexity index is 300. The first kappa shape index (κ1) is 11.7. The molecule has 1 aliphatic carbocycles. The van der Waals surface area contributed by atoms with Crippen LogP contribution in [0.4, 0.5) is 0 Å². The molecule has 0 amide bonds. The predicted molar refractivity (Wildman–Crippen MR) is 69.1 cm³/mol. The molecule has 2 unspecified atom stereocenters. The molecule has 1 aromatic carbocycles. The van der Waals surface area contributed by atoms with Crippen molar-refractivity contribution in [2.45, 2.75) is 45.1 Å². The fraction of sp³-hybridized carbons (Fsp3) is 0.600. The predicted octanol–water partition coefficient (Wildman–Crippen LogP) is 3.90. The lowest BCUT2D eigenvalue weighted by atomic mass is 9.86. The molecule has 1 nitrogen and oxygen atoms in total. The van der Waals surface area contributed by atoms with Crippen LogP contribution >= 0.6 is 0 Å². The van der Waals surface area contributed by atoms with Crippen LogP contribution in [-0.4, -0.2) is 0 Å². The topological polar surface area (TPSA) is 26.0 Å². The first-order valence-electron chi connectivity index (χ1n) is 6.58. The van der Waals surface area contributed by atoms with Crippen molar-refractivity contribution in [3.8, 4) is 0 Å². The van der Waals surface area contributed by atoms with E-state index in [1.54, 1.807) is 0 Å².